The molecule has 0 aliphatic carbocycles. The third kappa shape index (κ3) is 4.51. The van der Waals surface area contributed by atoms with Crippen LogP contribution in [0.5, 0.6) is 0 Å². The molecule has 0 unspecified atom stereocenters. The van der Waals surface area contributed by atoms with E-state index in [-0.39, 0.29) is 11.7 Å². The second kappa shape index (κ2) is 8.30. The van der Waals surface area contributed by atoms with E-state index in [9.17, 15) is 14.0 Å². The predicted molar refractivity (Wildman–Crippen MR) is 100 cm³/mol. The lowest BCUT2D eigenvalue weighted by Gasteiger charge is -2.17. The van der Waals surface area contributed by atoms with Crippen molar-refractivity contribution in [2.24, 2.45) is 0 Å². The zero-order valence-electron chi connectivity index (χ0n) is 15.6. The quantitative estimate of drug-likeness (QED) is 0.811. The molecule has 0 saturated carbocycles. The number of hydrogen-bond acceptors (Lipinski definition) is 4. The van der Waals surface area contributed by atoms with Crippen LogP contribution in [0.1, 0.15) is 39.6 Å². The molecule has 2 heterocycles. The van der Waals surface area contributed by atoms with Crippen LogP contribution in [0, 0.1) is 5.82 Å². The molecule has 0 radical (unpaired) electrons. The van der Waals surface area contributed by atoms with Gasteiger partial charge in [0, 0.05) is 25.3 Å². The van der Waals surface area contributed by atoms with Gasteiger partial charge in [0.05, 0.1) is 5.69 Å². The van der Waals surface area contributed by atoms with Gasteiger partial charge in [-0.05, 0) is 51.6 Å². The Hall–Kier alpha value is -2.74. The molecule has 8 heteroatoms. The summed E-state index contributed by atoms with van der Waals surface area (Å²) < 4.78 is 15.2. The Morgan fingerprint density at radius 3 is 2.81 bits per heavy atom. The highest BCUT2D eigenvalue weighted by Gasteiger charge is 2.27. The van der Waals surface area contributed by atoms with Crippen molar-refractivity contribution in [1.29, 1.82) is 0 Å². The number of carbonyl (C=O) groups excluding carboxylic acids is 2. The number of imidazole rings is 1. The third-order valence-corrected chi connectivity index (χ3v) is 4.46. The topological polar surface area (TPSA) is 79.3 Å². The summed E-state index contributed by atoms with van der Waals surface area (Å²) in [5.41, 5.74) is 1.44. The number of rotatable bonds is 6. The van der Waals surface area contributed by atoms with Gasteiger partial charge in [0.1, 0.15) is 11.5 Å². The Labute approximate surface area is 157 Å². The van der Waals surface area contributed by atoms with Crippen molar-refractivity contribution >= 4 is 17.5 Å². The van der Waals surface area contributed by atoms with E-state index in [1.165, 1.54) is 18.2 Å². The Bertz CT molecular complexity index is 847. The van der Waals surface area contributed by atoms with Crippen molar-refractivity contribution in [1.82, 2.24) is 19.8 Å². The fraction of sp³-hybridized carbons (Fsp3) is 0.421. The number of carbonyl (C=O) groups is 2. The highest BCUT2D eigenvalue weighted by Crippen LogP contribution is 2.22. The van der Waals surface area contributed by atoms with Gasteiger partial charge in [-0.3, -0.25) is 9.59 Å². The Balaban J connectivity index is 1.82. The summed E-state index contributed by atoms with van der Waals surface area (Å²) in [6, 6.07) is 5.68. The number of nitrogens with one attached hydrogen (secondary N) is 2. The summed E-state index contributed by atoms with van der Waals surface area (Å²) in [4.78, 5) is 31.5. The second-order valence-corrected chi connectivity index (χ2v) is 6.86. The summed E-state index contributed by atoms with van der Waals surface area (Å²) in [5, 5.41) is 5.51. The van der Waals surface area contributed by atoms with E-state index in [0.29, 0.717) is 37.4 Å². The highest BCUT2D eigenvalue weighted by atomic mass is 19.1. The van der Waals surface area contributed by atoms with Crippen molar-refractivity contribution in [2.75, 3.05) is 32.5 Å². The first-order valence-corrected chi connectivity index (χ1v) is 9.05. The Morgan fingerprint density at radius 1 is 1.26 bits per heavy atom. The molecule has 0 fully saturated rings. The van der Waals surface area contributed by atoms with Crippen LogP contribution in [-0.4, -0.2) is 53.5 Å². The Morgan fingerprint density at radius 2 is 2.07 bits per heavy atom. The minimum absolute atomic E-state index is 0.187. The van der Waals surface area contributed by atoms with E-state index in [1.54, 1.807) is 10.6 Å². The molecule has 27 heavy (non-hydrogen) atoms. The van der Waals surface area contributed by atoms with E-state index >= 15 is 0 Å². The summed E-state index contributed by atoms with van der Waals surface area (Å²) in [7, 11) is 3.86. The zero-order chi connectivity index (χ0) is 19.4. The van der Waals surface area contributed by atoms with Gasteiger partial charge in [-0.25, -0.2) is 9.37 Å². The number of likely N-dealkylation sites (N-methyl/N-ethyl adjacent to an activating group) is 1. The normalized spacial score (nSPS) is 13.3. The van der Waals surface area contributed by atoms with E-state index in [4.69, 9.17) is 0 Å². The molecule has 0 spiro atoms. The summed E-state index contributed by atoms with van der Waals surface area (Å²) in [6.07, 6.45) is 2.58. The maximum Gasteiger partial charge on any atom is 0.291 e. The number of nitrogens with zero attached hydrogens (tertiary/aromatic N) is 3. The van der Waals surface area contributed by atoms with E-state index in [0.717, 1.165) is 18.5 Å². The minimum atomic E-state index is -0.448. The molecule has 2 aromatic rings. The smallest absolute Gasteiger partial charge is 0.291 e. The van der Waals surface area contributed by atoms with E-state index < -0.39 is 11.7 Å². The molecule has 0 saturated heterocycles. The molecule has 1 aromatic heterocycles. The van der Waals surface area contributed by atoms with E-state index in [2.05, 4.69) is 15.6 Å². The number of amides is 2. The van der Waals surface area contributed by atoms with Gasteiger partial charge >= 0.3 is 0 Å². The van der Waals surface area contributed by atoms with Crippen LogP contribution in [0.3, 0.4) is 0 Å². The van der Waals surface area contributed by atoms with Gasteiger partial charge in [0.15, 0.2) is 5.82 Å². The van der Waals surface area contributed by atoms with Gasteiger partial charge in [-0.1, -0.05) is 6.07 Å². The monoisotopic (exact) mass is 373 g/mol. The molecule has 7 nitrogen and oxygen atoms in total. The number of benzene rings is 1. The molecule has 0 atom stereocenters. The average molecular weight is 373 g/mol. The number of anilines is 1. The molecule has 2 amide bonds. The first-order chi connectivity index (χ1) is 13.0. The minimum Gasteiger partial charge on any atom is -0.349 e. The standard InChI is InChI=1S/C19H24FN5O2/c1-24(2)11-9-21-18(26)16-15-8-3-4-10-25(15)17(23-16)19(27)22-14-7-5-6-13(20)12-14/h5-7,12H,3-4,8-11H2,1-2H3,(H,21,26)(H,22,27). The first-order valence-electron chi connectivity index (χ1n) is 9.05. The van der Waals surface area contributed by atoms with E-state index in [1.807, 2.05) is 19.0 Å². The SMILES string of the molecule is CN(C)CCNC(=O)c1nc(C(=O)Nc2cccc(F)c2)n2c1CCCC2. The van der Waals surface area contributed by atoms with Gasteiger partial charge in [0.2, 0.25) is 0 Å². The second-order valence-electron chi connectivity index (χ2n) is 6.86. The average Bonchev–Trinajstić information content (AvgIpc) is 3.01. The van der Waals surface area contributed by atoms with Crippen LogP contribution in [0.25, 0.3) is 0 Å². The summed E-state index contributed by atoms with van der Waals surface area (Å²) in [5.74, 6) is -0.964. The molecule has 2 N–H and O–H groups in total. The van der Waals surface area contributed by atoms with Gasteiger partial charge in [-0.2, -0.15) is 0 Å². The summed E-state index contributed by atoms with van der Waals surface area (Å²) in [6.45, 7) is 1.86. The number of halogens is 1. The number of aromatic nitrogens is 2. The molecular formula is C19H24FN5O2. The van der Waals surface area contributed by atoms with Crippen LogP contribution in [0.2, 0.25) is 0 Å². The fourth-order valence-corrected chi connectivity index (χ4v) is 3.13. The number of hydrogen-bond donors (Lipinski definition) is 2. The predicted octanol–water partition coefficient (Wildman–Crippen LogP) is 1.90. The maximum absolute atomic E-state index is 13.3. The van der Waals surface area contributed by atoms with Crippen molar-refractivity contribution in [3.63, 3.8) is 0 Å². The molecule has 0 bridgehead atoms. The molecule has 1 aromatic carbocycles. The lowest BCUT2D eigenvalue weighted by Crippen LogP contribution is -2.32. The van der Waals surface area contributed by atoms with Crippen LogP contribution < -0.4 is 10.6 Å². The van der Waals surface area contributed by atoms with Crippen molar-refractivity contribution in [3.05, 3.63) is 47.3 Å². The van der Waals surface area contributed by atoms with Crippen LogP contribution in [-0.2, 0) is 13.0 Å². The Kier molecular flexibility index (Phi) is 5.85. The van der Waals surface area contributed by atoms with Crippen LogP contribution >= 0.6 is 0 Å². The van der Waals surface area contributed by atoms with Crippen molar-refractivity contribution in [3.8, 4) is 0 Å². The largest absolute Gasteiger partial charge is 0.349 e. The highest BCUT2D eigenvalue weighted by molar-refractivity contribution is 6.03. The lowest BCUT2D eigenvalue weighted by molar-refractivity contribution is 0.0945. The lowest BCUT2D eigenvalue weighted by atomic mass is 10.1. The fourth-order valence-electron chi connectivity index (χ4n) is 3.13. The molecule has 1 aliphatic heterocycles. The number of fused-ring (bicyclic) bond motifs is 1. The van der Waals surface area contributed by atoms with Crippen LogP contribution in [0.15, 0.2) is 24.3 Å². The summed E-state index contributed by atoms with van der Waals surface area (Å²) >= 11 is 0. The first kappa shape index (κ1) is 19.0. The molecular weight excluding hydrogens is 349 g/mol. The maximum atomic E-state index is 13.3. The van der Waals surface area contributed by atoms with Gasteiger partial charge in [-0.15, -0.1) is 0 Å². The zero-order valence-corrected chi connectivity index (χ0v) is 15.6. The third-order valence-electron chi connectivity index (χ3n) is 4.46. The van der Waals surface area contributed by atoms with Crippen molar-refractivity contribution in [2.45, 2.75) is 25.8 Å². The molecule has 144 valence electrons. The van der Waals surface area contributed by atoms with Gasteiger partial charge < -0.3 is 20.1 Å². The van der Waals surface area contributed by atoms with Crippen molar-refractivity contribution < 1.29 is 14.0 Å². The molecule has 3 rings (SSSR count). The molecule has 1 aliphatic rings. The van der Waals surface area contributed by atoms with Crippen LogP contribution in [0.4, 0.5) is 10.1 Å². The van der Waals surface area contributed by atoms with Gasteiger partial charge in [0.25, 0.3) is 11.8 Å².